The van der Waals surface area contributed by atoms with Gasteiger partial charge in [0, 0.05) is 0 Å². The predicted molar refractivity (Wildman–Crippen MR) is 55.7 cm³/mol. The number of halogens is 5. The van der Waals surface area contributed by atoms with Gasteiger partial charge < -0.3 is 10.5 Å². The summed E-state index contributed by atoms with van der Waals surface area (Å²) in [6.07, 6.45) is 0. The maximum absolute atomic E-state index is 12.9. The third kappa shape index (κ3) is 2.41. The number of nitrogens with two attached hydrogens (primary N) is 1. The highest BCUT2D eigenvalue weighted by atomic mass is 127. The van der Waals surface area contributed by atoms with Gasteiger partial charge in [0.05, 0.1) is 13.7 Å². The van der Waals surface area contributed by atoms with Gasteiger partial charge in [-0.3, -0.25) is 0 Å². The van der Waals surface area contributed by atoms with Crippen molar-refractivity contribution in [1.29, 1.82) is 0 Å². The fourth-order valence-electron chi connectivity index (χ4n) is 0.672. The summed E-state index contributed by atoms with van der Waals surface area (Å²) < 4.78 is 40.6. The number of hydrogen-bond donors (Lipinski definition) is 1. The van der Waals surface area contributed by atoms with Crippen molar-refractivity contribution >= 4 is 44.2 Å². The van der Waals surface area contributed by atoms with E-state index in [-0.39, 0.29) is 13.7 Å². The highest BCUT2D eigenvalue weighted by Gasteiger charge is 2.17. The Morgan fingerprint density at radius 3 is 2.57 bits per heavy atom. The molecule has 0 aliphatic carbocycles. The van der Waals surface area contributed by atoms with E-state index in [1.165, 1.54) is 0 Å². The van der Waals surface area contributed by atoms with Gasteiger partial charge in [0.1, 0.15) is 0 Å². The monoisotopic (exact) mass is 382 g/mol. The van der Waals surface area contributed by atoms with Crippen molar-refractivity contribution in [3.05, 3.63) is 14.0 Å². The molecule has 0 fully saturated rings. The summed E-state index contributed by atoms with van der Waals surface area (Å²) >= 11 is 4.46. The predicted octanol–water partition coefficient (Wildman–Crippen LogP) is 2.77. The molecule has 0 aliphatic heterocycles. The minimum atomic E-state index is -3.06. The van der Waals surface area contributed by atoms with E-state index in [4.69, 9.17) is 5.73 Å². The van der Waals surface area contributed by atoms with Crippen LogP contribution in [0.5, 0.6) is 5.88 Å². The van der Waals surface area contributed by atoms with Crippen LogP contribution in [0.1, 0.15) is 0 Å². The van der Waals surface area contributed by atoms with Gasteiger partial charge in [-0.2, -0.15) is 18.2 Å². The number of ether oxygens (including phenoxy) is 1. The first kappa shape index (κ1) is 11.8. The SMILES string of the molecule is Nc1c(Br)c(F)nc(OC(F)F)c1I. The Labute approximate surface area is 99.1 Å². The van der Waals surface area contributed by atoms with Gasteiger partial charge in [-0.1, -0.05) is 0 Å². The maximum atomic E-state index is 12.9. The van der Waals surface area contributed by atoms with Crippen molar-refractivity contribution in [1.82, 2.24) is 4.98 Å². The Balaban J connectivity index is 3.19. The van der Waals surface area contributed by atoms with Crippen molar-refractivity contribution < 1.29 is 17.9 Å². The van der Waals surface area contributed by atoms with E-state index in [0.29, 0.717) is 0 Å². The van der Waals surface area contributed by atoms with E-state index in [2.05, 4.69) is 25.7 Å². The van der Waals surface area contributed by atoms with Crippen LogP contribution in [0.3, 0.4) is 0 Å². The molecule has 0 radical (unpaired) electrons. The van der Waals surface area contributed by atoms with E-state index < -0.39 is 18.4 Å². The fraction of sp³-hybridized carbons (Fsp3) is 0.167. The fourth-order valence-corrected chi connectivity index (χ4v) is 1.85. The summed E-state index contributed by atoms with van der Waals surface area (Å²) in [6, 6.07) is 0. The van der Waals surface area contributed by atoms with Crippen molar-refractivity contribution in [2.45, 2.75) is 6.61 Å². The topological polar surface area (TPSA) is 48.1 Å². The zero-order valence-corrected chi connectivity index (χ0v) is 10.1. The average Bonchev–Trinajstić information content (AvgIpc) is 2.10. The highest BCUT2D eigenvalue weighted by molar-refractivity contribution is 14.1. The zero-order valence-electron chi connectivity index (χ0n) is 6.40. The van der Waals surface area contributed by atoms with Crippen LogP contribution in [0.4, 0.5) is 18.9 Å². The van der Waals surface area contributed by atoms with E-state index in [1.807, 2.05) is 0 Å². The number of aromatic nitrogens is 1. The van der Waals surface area contributed by atoms with Crippen LogP contribution >= 0.6 is 38.5 Å². The highest BCUT2D eigenvalue weighted by Crippen LogP contribution is 2.32. The second kappa shape index (κ2) is 4.51. The number of alkyl halides is 2. The Bertz CT molecular complexity index is 363. The largest absolute Gasteiger partial charge is 0.416 e. The number of anilines is 1. The summed E-state index contributed by atoms with van der Waals surface area (Å²) in [7, 11) is 0. The Hall–Kier alpha value is -0.250. The molecule has 8 heteroatoms. The lowest BCUT2D eigenvalue weighted by Crippen LogP contribution is -2.08. The molecule has 0 unspecified atom stereocenters. The van der Waals surface area contributed by atoms with Gasteiger partial charge in [-0.15, -0.1) is 0 Å². The lowest BCUT2D eigenvalue weighted by molar-refractivity contribution is -0.0538. The molecule has 1 heterocycles. The molecule has 3 nitrogen and oxygen atoms in total. The molecule has 0 spiro atoms. The number of rotatable bonds is 2. The maximum Gasteiger partial charge on any atom is 0.388 e. The van der Waals surface area contributed by atoms with Crippen LogP contribution in [-0.2, 0) is 0 Å². The van der Waals surface area contributed by atoms with Crippen LogP contribution in [0.15, 0.2) is 4.47 Å². The second-order valence-corrected chi connectivity index (χ2v) is 4.00. The molecule has 0 bridgehead atoms. The Morgan fingerprint density at radius 2 is 2.07 bits per heavy atom. The number of nitrogens with zero attached hydrogens (tertiary/aromatic N) is 1. The van der Waals surface area contributed by atoms with E-state index in [9.17, 15) is 13.2 Å². The third-order valence-corrected chi connectivity index (χ3v) is 3.04. The lowest BCUT2D eigenvalue weighted by atomic mass is 10.4. The summed E-state index contributed by atoms with van der Waals surface area (Å²) in [6.45, 7) is -3.06. The van der Waals surface area contributed by atoms with Gasteiger partial charge in [-0.25, -0.2) is 0 Å². The first-order valence-electron chi connectivity index (χ1n) is 3.18. The lowest BCUT2D eigenvalue weighted by Gasteiger charge is -2.08. The van der Waals surface area contributed by atoms with Crippen LogP contribution in [-0.4, -0.2) is 11.6 Å². The molecule has 0 saturated heterocycles. The zero-order chi connectivity index (χ0) is 10.9. The van der Waals surface area contributed by atoms with Gasteiger partial charge >= 0.3 is 6.61 Å². The Morgan fingerprint density at radius 1 is 1.50 bits per heavy atom. The first-order chi connectivity index (χ1) is 6.43. The molecule has 1 aromatic heterocycles. The molecule has 0 amide bonds. The average molecular weight is 383 g/mol. The van der Waals surface area contributed by atoms with Gasteiger partial charge in [-0.05, 0) is 38.5 Å². The summed E-state index contributed by atoms with van der Waals surface area (Å²) in [5, 5.41) is 0. The standard InChI is InChI=1S/C6H3BrF3IN2O/c7-1-3(12)2(11)5(13-4(1)8)14-6(9)10/h6H,(H2,12,13). The molecule has 78 valence electrons. The molecular formula is C6H3BrF3IN2O. The Kier molecular flexibility index (Phi) is 3.81. The molecule has 0 aliphatic rings. The summed E-state index contributed by atoms with van der Waals surface area (Å²) in [4.78, 5) is 3.17. The smallest absolute Gasteiger partial charge is 0.388 e. The van der Waals surface area contributed by atoms with E-state index in [0.717, 1.165) is 0 Å². The summed E-state index contributed by atoms with van der Waals surface area (Å²) in [5.41, 5.74) is 5.38. The van der Waals surface area contributed by atoms with Crippen molar-refractivity contribution in [2.24, 2.45) is 0 Å². The minimum Gasteiger partial charge on any atom is -0.416 e. The number of pyridine rings is 1. The quantitative estimate of drug-likeness (QED) is 0.632. The molecule has 0 atom stereocenters. The van der Waals surface area contributed by atoms with Gasteiger partial charge in [0.15, 0.2) is 0 Å². The van der Waals surface area contributed by atoms with Crippen LogP contribution < -0.4 is 10.5 Å². The minimum absolute atomic E-state index is 0.0197. The van der Waals surface area contributed by atoms with Crippen LogP contribution in [0.25, 0.3) is 0 Å². The first-order valence-corrected chi connectivity index (χ1v) is 5.05. The van der Waals surface area contributed by atoms with Crippen molar-refractivity contribution in [2.75, 3.05) is 5.73 Å². The normalized spacial score (nSPS) is 10.7. The molecule has 0 saturated carbocycles. The van der Waals surface area contributed by atoms with Crippen LogP contribution in [0.2, 0.25) is 0 Å². The third-order valence-electron chi connectivity index (χ3n) is 1.24. The van der Waals surface area contributed by atoms with Crippen LogP contribution in [0, 0.1) is 9.52 Å². The number of nitrogen functional groups attached to an aromatic ring is 1. The molecule has 1 aromatic rings. The number of hydrogen-bond acceptors (Lipinski definition) is 3. The van der Waals surface area contributed by atoms with Gasteiger partial charge in [0.25, 0.3) is 0 Å². The summed E-state index contributed by atoms with van der Waals surface area (Å²) in [5.74, 6) is -1.50. The van der Waals surface area contributed by atoms with Crippen molar-refractivity contribution in [3.63, 3.8) is 0 Å². The molecule has 1 rings (SSSR count). The van der Waals surface area contributed by atoms with Gasteiger partial charge in [0.2, 0.25) is 11.8 Å². The van der Waals surface area contributed by atoms with E-state index in [1.54, 1.807) is 22.6 Å². The molecule has 2 N–H and O–H groups in total. The van der Waals surface area contributed by atoms with Crippen molar-refractivity contribution in [3.8, 4) is 5.88 Å². The molecule has 14 heavy (non-hydrogen) atoms. The van der Waals surface area contributed by atoms with E-state index >= 15 is 0 Å². The molecular weight excluding hydrogens is 380 g/mol. The molecule has 0 aromatic carbocycles. The second-order valence-electron chi connectivity index (χ2n) is 2.13.